The first kappa shape index (κ1) is 75.6. The van der Waals surface area contributed by atoms with E-state index in [1.165, 1.54) is 205 Å². The lowest BCUT2D eigenvalue weighted by molar-refractivity contribution is -0.167. The summed E-state index contributed by atoms with van der Waals surface area (Å²) in [5.74, 6) is -0.906. The fraction of sp³-hybridized carbons (Fsp3) is 0.767. The Morgan fingerprint density at radius 2 is 0.494 bits per heavy atom. The molecule has 0 aliphatic carbocycles. The number of esters is 3. The summed E-state index contributed by atoms with van der Waals surface area (Å²) in [7, 11) is 0. The standard InChI is InChI=1S/C73H128O6/c1-4-7-10-13-16-19-22-25-27-29-31-33-34-35-36-37-38-40-41-43-45-48-51-54-57-60-63-66-72(75)78-69-70(68-77-71(74)65-62-59-56-53-50-47-24-21-18-15-12-9-6-3)79-73(76)67-64-61-58-55-52-49-46-44-42-39-32-30-28-26-23-20-17-14-11-8-5-2/h9,12,18,21-23,25-26,29-32,47,50,70H,4-8,10-11,13-17,19-20,24,27-28,33-46,48-49,51-69H2,1-3H3/b12-9-,21-18-,25-22-,26-23-,31-29-,32-30-,50-47-. The van der Waals surface area contributed by atoms with E-state index in [2.05, 4.69) is 106 Å². The normalized spacial score (nSPS) is 12.6. The number of hydrogen-bond donors (Lipinski definition) is 0. The molecular formula is C73H128O6. The second-order valence-electron chi connectivity index (χ2n) is 22.7. The number of unbranched alkanes of at least 4 members (excludes halogenated alkanes) is 37. The minimum atomic E-state index is -0.792. The third-order valence-electron chi connectivity index (χ3n) is 14.9. The summed E-state index contributed by atoms with van der Waals surface area (Å²) in [6.07, 6.45) is 88.9. The van der Waals surface area contributed by atoms with Gasteiger partial charge in [0, 0.05) is 19.3 Å². The van der Waals surface area contributed by atoms with Crippen LogP contribution in [0.3, 0.4) is 0 Å². The van der Waals surface area contributed by atoms with Gasteiger partial charge in [-0.15, -0.1) is 0 Å². The molecule has 79 heavy (non-hydrogen) atoms. The highest BCUT2D eigenvalue weighted by Gasteiger charge is 2.19. The molecule has 0 aromatic heterocycles. The zero-order valence-electron chi connectivity index (χ0n) is 52.4. The number of carbonyl (C=O) groups is 3. The van der Waals surface area contributed by atoms with E-state index in [9.17, 15) is 14.4 Å². The van der Waals surface area contributed by atoms with Crippen LogP contribution in [0.15, 0.2) is 85.1 Å². The van der Waals surface area contributed by atoms with Gasteiger partial charge in [0.05, 0.1) is 0 Å². The van der Waals surface area contributed by atoms with Crippen LogP contribution in [-0.2, 0) is 28.6 Å². The van der Waals surface area contributed by atoms with Gasteiger partial charge in [-0.25, -0.2) is 0 Å². The number of rotatable bonds is 62. The topological polar surface area (TPSA) is 78.9 Å². The third kappa shape index (κ3) is 65.3. The molecule has 0 N–H and O–H groups in total. The maximum Gasteiger partial charge on any atom is 0.306 e. The molecule has 456 valence electrons. The van der Waals surface area contributed by atoms with Gasteiger partial charge in [-0.3, -0.25) is 14.4 Å². The lowest BCUT2D eigenvalue weighted by Crippen LogP contribution is -2.30. The van der Waals surface area contributed by atoms with E-state index in [1.807, 2.05) is 0 Å². The van der Waals surface area contributed by atoms with Crippen LogP contribution in [0.5, 0.6) is 0 Å². The largest absolute Gasteiger partial charge is 0.462 e. The van der Waals surface area contributed by atoms with E-state index in [0.29, 0.717) is 19.3 Å². The maximum absolute atomic E-state index is 12.9. The van der Waals surface area contributed by atoms with Crippen LogP contribution in [-0.4, -0.2) is 37.2 Å². The predicted octanol–water partition coefficient (Wildman–Crippen LogP) is 23.4. The van der Waals surface area contributed by atoms with Gasteiger partial charge >= 0.3 is 17.9 Å². The van der Waals surface area contributed by atoms with E-state index in [0.717, 1.165) is 96.3 Å². The minimum Gasteiger partial charge on any atom is -0.462 e. The molecule has 0 aliphatic heterocycles. The first-order chi connectivity index (χ1) is 39.0. The lowest BCUT2D eigenvalue weighted by Gasteiger charge is -2.18. The average Bonchev–Trinajstić information content (AvgIpc) is 3.45. The Balaban J connectivity index is 4.28. The van der Waals surface area contributed by atoms with Crippen molar-refractivity contribution in [2.75, 3.05) is 13.2 Å². The molecule has 0 bridgehead atoms. The zero-order chi connectivity index (χ0) is 57.1. The zero-order valence-corrected chi connectivity index (χ0v) is 52.4. The van der Waals surface area contributed by atoms with E-state index in [1.54, 1.807) is 0 Å². The van der Waals surface area contributed by atoms with Crippen molar-refractivity contribution < 1.29 is 28.6 Å². The van der Waals surface area contributed by atoms with Gasteiger partial charge < -0.3 is 14.2 Å². The van der Waals surface area contributed by atoms with Gasteiger partial charge in [0.2, 0.25) is 0 Å². The fourth-order valence-electron chi connectivity index (χ4n) is 9.76. The SMILES string of the molecule is CC/C=C\C/C=C\C/C=C\CCCCCC(=O)OCC(COC(=O)CCCCCCCCCCCCCCCCC/C=C\C/C=C\CCCCCCC)OC(=O)CCCCCCCCCCC/C=C\C/C=C\CCCCCCC. The van der Waals surface area contributed by atoms with E-state index in [-0.39, 0.29) is 31.1 Å². The highest BCUT2D eigenvalue weighted by molar-refractivity contribution is 5.71. The van der Waals surface area contributed by atoms with E-state index >= 15 is 0 Å². The Morgan fingerprint density at radius 1 is 0.266 bits per heavy atom. The Labute approximate surface area is 490 Å². The second-order valence-corrected chi connectivity index (χ2v) is 22.7. The van der Waals surface area contributed by atoms with Crippen LogP contribution in [0.1, 0.15) is 342 Å². The number of allylic oxidation sites excluding steroid dienone is 14. The summed E-state index contributed by atoms with van der Waals surface area (Å²) in [6, 6.07) is 0. The van der Waals surface area contributed by atoms with Crippen molar-refractivity contribution in [3.8, 4) is 0 Å². The third-order valence-corrected chi connectivity index (χ3v) is 14.9. The molecule has 0 aromatic carbocycles. The monoisotopic (exact) mass is 1100 g/mol. The number of carbonyl (C=O) groups excluding carboxylic acids is 3. The highest BCUT2D eigenvalue weighted by atomic mass is 16.6. The summed E-state index contributed by atoms with van der Waals surface area (Å²) in [5, 5.41) is 0. The van der Waals surface area contributed by atoms with Crippen LogP contribution in [0.2, 0.25) is 0 Å². The maximum atomic E-state index is 12.9. The van der Waals surface area contributed by atoms with E-state index < -0.39 is 6.10 Å². The van der Waals surface area contributed by atoms with Crippen molar-refractivity contribution in [2.24, 2.45) is 0 Å². The Hall–Kier alpha value is -3.41. The summed E-state index contributed by atoms with van der Waals surface area (Å²) in [5.41, 5.74) is 0. The quantitative estimate of drug-likeness (QED) is 0.0261. The molecule has 0 rings (SSSR count). The Kier molecular flexibility index (Phi) is 64.2. The molecule has 6 heteroatoms. The Bertz CT molecular complexity index is 1500. The second kappa shape index (κ2) is 67.1. The molecular weight excluding hydrogens is 973 g/mol. The molecule has 0 heterocycles. The summed E-state index contributed by atoms with van der Waals surface area (Å²) in [6.45, 7) is 6.52. The van der Waals surface area contributed by atoms with Gasteiger partial charge in [0.1, 0.15) is 13.2 Å². The van der Waals surface area contributed by atoms with Crippen molar-refractivity contribution >= 4 is 17.9 Å². The van der Waals surface area contributed by atoms with Crippen molar-refractivity contribution in [3.63, 3.8) is 0 Å². The average molecular weight is 1100 g/mol. The van der Waals surface area contributed by atoms with Crippen LogP contribution in [0.4, 0.5) is 0 Å². The van der Waals surface area contributed by atoms with Gasteiger partial charge in [0.25, 0.3) is 0 Å². The summed E-state index contributed by atoms with van der Waals surface area (Å²) < 4.78 is 16.9. The summed E-state index contributed by atoms with van der Waals surface area (Å²) in [4.78, 5) is 38.4. The molecule has 0 amide bonds. The van der Waals surface area contributed by atoms with Gasteiger partial charge in [-0.1, -0.05) is 292 Å². The molecule has 0 aromatic rings. The van der Waals surface area contributed by atoms with Gasteiger partial charge in [0.15, 0.2) is 6.10 Å². The van der Waals surface area contributed by atoms with Crippen LogP contribution in [0, 0.1) is 0 Å². The number of ether oxygens (including phenoxy) is 3. The molecule has 0 saturated carbocycles. The Morgan fingerprint density at radius 3 is 0.785 bits per heavy atom. The van der Waals surface area contributed by atoms with Crippen LogP contribution in [0.25, 0.3) is 0 Å². The smallest absolute Gasteiger partial charge is 0.306 e. The molecule has 0 radical (unpaired) electrons. The van der Waals surface area contributed by atoms with Crippen molar-refractivity contribution in [1.29, 1.82) is 0 Å². The molecule has 0 fully saturated rings. The van der Waals surface area contributed by atoms with Crippen LogP contribution >= 0.6 is 0 Å². The molecule has 1 unspecified atom stereocenters. The number of hydrogen-bond acceptors (Lipinski definition) is 6. The highest BCUT2D eigenvalue weighted by Crippen LogP contribution is 2.17. The fourth-order valence-corrected chi connectivity index (χ4v) is 9.76. The lowest BCUT2D eigenvalue weighted by atomic mass is 10.0. The van der Waals surface area contributed by atoms with Crippen molar-refractivity contribution in [3.05, 3.63) is 85.1 Å². The van der Waals surface area contributed by atoms with Crippen molar-refractivity contribution in [1.82, 2.24) is 0 Å². The molecule has 0 aliphatic rings. The predicted molar refractivity (Wildman–Crippen MR) is 344 cm³/mol. The molecule has 6 nitrogen and oxygen atoms in total. The van der Waals surface area contributed by atoms with Crippen molar-refractivity contribution in [2.45, 2.75) is 348 Å². The summed E-state index contributed by atoms with van der Waals surface area (Å²) >= 11 is 0. The van der Waals surface area contributed by atoms with Crippen LogP contribution < -0.4 is 0 Å². The minimum absolute atomic E-state index is 0.0859. The molecule has 0 spiro atoms. The molecule has 0 saturated heterocycles. The van der Waals surface area contributed by atoms with Gasteiger partial charge in [-0.05, 0) is 116 Å². The first-order valence-electron chi connectivity index (χ1n) is 34.1. The first-order valence-corrected chi connectivity index (χ1v) is 34.1. The van der Waals surface area contributed by atoms with E-state index in [4.69, 9.17) is 14.2 Å². The van der Waals surface area contributed by atoms with Gasteiger partial charge in [-0.2, -0.15) is 0 Å². The molecule has 1 atom stereocenters.